The zero-order valence-corrected chi connectivity index (χ0v) is 20.1. The van der Waals surface area contributed by atoms with E-state index in [2.05, 4.69) is 20.6 Å². The van der Waals surface area contributed by atoms with Crippen LogP contribution in [0.15, 0.2) is 59.5 Å². The molecular weight excluding hydrogens is 456 g/mol. The standard InChI is InChI=1S/C24H28N4O5S/c1-16(2)22(24(30)33-3)28-23-18-11-7-8-12-19(18)26-20(27-23)15-25-21(29)13-14-34(31,32)17-9-5-4-6-10-17/h4-12,16,22H,13-15H2,1-3H3,(H,25,29)(H,26,27,28)/t22-/m0/s1. The van der Waals surface area contributed by atoms with Crippen LogP contribution in [0, 0.1) is 5.92 Å². The number of carbonyl (C=O) groups is 2. The third-order valence-electron chi connectivity index (χ3n) is 5.21. The molecule has 0 aliphatic carbocycles. The van der Waals surface area contributed by atoms with Crippen molar-refractivity contribution in [3.63, 3.8) is 0 Å². The summed E-state index contributed by atoms with van der Waals surface area (Å²) in [6.07, 6.45) is -0.187. The molecule has 2 N–H and O–H groups in total. The number of para-hydroxylation sites is 1. The van der Waals surface area contributed by atoms with Gasteiger partial charge in [0, 0.05) is 11.8 Å². The monoisotopic (exact) mass is 484 g/mol. The van der Waals surface area contributed by atoms with Gasteiger partial charge in [0.2, 0.25) is 5.91 Å². The quantitative estimate of drug-likeness (QED) is 0.421. The van der Waals surface area contributed by atoms with Crippen molar-refractivity contribution in [2.24, 2.45) is 5.92 Å². The maximum Gasteiger partial charge on any atom is 0.328 e. The van der Waals surface area contributed by atoms with Gasteiger partial charge in [-0.05, 0) is 30.2 Å². The lowest BCUT2D eigenvalue weighted by molar-refractivity contribution is -0.142. The molecule has 10 heteroatoms. The molecule has 0 fully saturated rings. The average Bonchev–Trinajstić information content (AvgIpc) is 2.84. The molecule has 0 saturated carbocycles. The Kier molecular flexibility index (Phi) is 8.17. The Labute approximate surface area is 198 Å². The van der Waals surface area contributed by atoms with Gasteiger partial charge in [0.1, 0.15) is 11.9 Å². The summed E-state index contributed by atoms with van der Waals surface area (Å²) >= 11 is 0. The number of aromatic nitrogens is 2. The number of nitrogens with one attached hydrogen (secondary N) is 2. The third kappa shape index (κ3) is 6.28. The summed E-state index contributed by atoms with van der Waals surface area (Å²) < 4.78 is 29.7. The molecule has 34 heavy (non-hydrogen) atoms. The minimum Gasteiger partial charge on any atom is -0.467 e. The molecule has 1 atom stereocenters. The van der Waals surface area contributed by atoms with Crippen molar-refractivity contribution in [3.05, 3.63) is 60.4 Å². The van der Waals surface area contributed by atoms with E-state index in [9.17, 15) is 18.0 Å². The highest BCUT2D eigenvalue weighted by Gasteiger charge is 2.24. The molecule has 0 spiro atoms. The second-order valence-electron chi connectivity index (χ2n) is 8.05. The molecule has 2 aromatic carbocycles. The predicted molar refractivity (Wildman–Crippen MR) is 129 cm³/mol. The number of hydrogen-bond donors (Lipinski definition) is 2. The normalized spacial score (nSPS) is 12.4. The van der Waals surface area contributed by atoms with Crippen molar-refractivity contribution in [1.82, 2.24) is 15.3 Å². The SMILES string of the molecule is COC(=O)[C@@H](Nc1nc(CNC(=O)CCS(=O)(=O)c2ccccc2)nc2ccccc12)C(C)C. The smallest absolute Gasteiger partial charge is 0.328 e. The molecule has 1 aromatic heterocycles. The number of rotatable bonds is 10. The van der Waals surface area contributed by atoms with E-state index in [-0.39, 0.29) is 29.5 Å². The summed E-state index contributed by atoms with van der Waals surface area (Å²) in [5.41, 5.74) is 0.642. The molecule has 1 heterocycles. The van der Waals surface area contributed by atoms with Crippen LogP contribution in [0.4, 0.5) is 5.82 Å². The van der Waals surface area contributed by atoms with Crippen LogP contribution in [0.3, 0.4) is 0 Å². The van der Waals surface area contributed by atoms with Crippen molar-refractivity contribution < 1.29 is 22.7 Å². The van der Waals surface area contributed by atoms with Gasteiger partial charge in [-0.3, -0.25) is 4.79 Å². The van der Waals surface area contributed by atoms with Gasteiger partial charge in [-0.25, -0.2) is 23.2 Å². The second kappa shape index (κ2) is 11.1. The van der Waals surface area contributed by atoms with E-state index >= 15 is 0 Å². The van der Waals surface area contributed by atoms with Gasteiger partial charge < -0.3 is 15.4 Å². The fourth-order valence-electron chi connectivity index (χ4n) is 3.32. The Morgan fingerprint density at radius 2 is 1.68 bits per heavy atom. The van der Waals surface area contributed by atoms with Crippen molar-refractivity contribution >= 4 is 38.4 Å². The van der Waals surface area contributed by atoms with Crippen molar-refractivity contribution in [2.45, 2.75) is 37.8 Å². The van der Waals surface area contributed by atoms with Crippen molar-refractivity contribution in [3.8, 4) is 0 Å². The Morgan fingerprint density at radius 3 is 2.35 bits per heavy atom. The fraction of sp³-hybridized carbons (Fsp3) is 0.333. The van der Waals surface area contributed by atoms with Gasteiger partial charge >= 0.3 is 5.97 Å². The molecule has 0 aliphatic rings. The fourth-order valence-corrected chi connectivity index (χ4v) is 4.59. The van der Waals surface area contributed by atoms with E-state index < -0.39 is 27.8 Å². The van der Waals surface area contributed by atoms with E-state index in [1.54, 1.807) is 18.2 Å². The van der Waals surface area contributed by atoms with E-state index in [1.165, 1.54) is 19.2 Å². The number of fused-ring (bicyclic) bond motifs is 1. The van der Waals surface area contributed by atoms with E-state index in [0.29, 0.717) is 17.2 Å². The molecule has 3 aromatic rings. The summed E-state index contributed by atoms with van der Waals surface area (Å²) in [7, 11) is -2.22. The van der Waals surface area contributed by atoms with Crippen molar-refractivity contribution in [1.29, 1.82) is 0 Å². The minimum atomic E-state index is -3.55. The van der Waals surface area contributed by atoms with Gasteiger partial charge in [-0.2, -0.15) is 0 Å². The van der Waals surface area contributed by atoms with Crippen LogP contribution in [0.2, 0.25) is 0 Å². The lowest BCUT2D eigenvalue weighted by Gasteiger charge is -2.21. The predicted octanol–water partition coefficient (Wildman–Crippen LogP) is 2.72. The van der Waals surface area contributed by atoms with Crippen LogP contribution in [-0.2, 0) is 30.7 Å². The number of anilines is 1. The van der Waals surface area contributed by atoms with E-state index in [0.717, 1.165) is 5.39 Å². The summed E-state index contributed by atoms with van der Waals surface area (Å²) in [4.78, 5) is 33.7. The van der Waals surface area contributed by atoms with Crippen LogP contribution < -0.4 is 10.6 Å². The molecule has 3 rings (SSSR count). The summed E-state index contributed by atoms with van der Waals surface area (Å²) in [5, 5.41) is 6.55. The number of hydrogen-bond acceptors (Lipinski definition) is 8. The molecule has 0 saturated heterocycles. The first-order valence-corrected chi connectivity index (χ1v) is 12.5. The van der Waals surface area contributed by atoms with Gasteiger partial charge in [-0.1, -0.05) is 44.2 Å². The molecule has 0 bridgehead atoms. The highest BCUT2D eigenvalue weighted by Crippen LogP contribution is 2.22. The number of ether oxygens (including phenoxy) is 1. The Balaban J connectivity index is 1.72. The van der Waals surface area contributed by atoms with E-state index in [1.807, 2.05) is 38.1 Å². The van der Waals surface area contributed by atoms with Crippen LogP contribution in [0.5, 0.6) is 0 Å². The number of esters is 1. The molecule has 9 nitrogen and oxygen atoms in total. The molecular formula is C24H28N4O5S. The molecule has 0 unspecified atom stereocenters. The highest BCUT2D eigenvalue weighted by molar-refractivity contribution is 7.91. The Morgan fingerprint density at radius 1 is 1.00 bits per heavy atom. The first kappa shape index (κ1) is 25.1. The maximum absolute atomic E-state index is 12.4. The zero-order valence-electron chi connectivity index (χ0n) is 19.3. The van der Waals surface area contributed by atoms with Crippen molar-refractivity contribution in [2.75, 3.05) is 18.2 Å². The average molecular weight is 485 g/mol. The number of methoxy groups -OCH3 is 1. The number of carbonyl (C=O) groups excluding carboxylic acids is 2. The number of sulfone groups is 1. The second-order valence-corrected chi connectivity index (χ2v) is 10.2. The van der Waals surface area contributed by atoms with Gasteiger partial charge in [0.15, 0.2) is 15.7 Å². The van der Waals surface area contributed by atoms with E-state index in [4.69, 9.17) is 4.74 Å². The lowest BCUT2D eigenvalue weighted by Crippen LogP contribution is -2.36. The van der Waals surface area contributed by atoms with Gasteiger partial charge in [0.05, 0.1) is 29.8 Å². The molecule has 0 aliphatic heterocycles. The topological polar surface area (TPSA) is 127 Å². The van der Waals surface area contributed by atoms with Crippen LogP contribution >= 0.6 is 0 Å². The van der Waals surface area contributed by atoms with Crippen LogP contribution in [0.1, 0.15) is 26.1 Å². The van der Waals surface area contributed by atoms with Gasteiger partial charge in [0.25, 0.3) is 0 Å². The third-order valence-corrected chi connectivity index (χ3v) is 6.94. The summed E-state index contributed by atoms with van der Waals surface area (Å²) in [5.74, 6) is -0.425. The first-order chi connectivity index (χ1) is 16.2. The number of amides is 1. The molecule has 1 amide bonds. The number of benzene rings is 2. The minimum absolute atomic E-state index is 0.00824. The number of nitrogens with zero attached hydrogens (tertiary/aromatic N) is 2. The highest BCUT2D eigenvalue weighted by atomic mass is 32.2. The molecule has 180 valence electrons. The van der Waals surface area contributed by atoms with Crippen LogP contribution in [-0.4, -0.2) is 49.2 Å². The Bertz CT molecular complexity index is 1260. The summed E-state index contributed by atoms with van der Waals surface area (Å²) in [6.45, 7) is 3.79. The Hall–Kier alpha value is -3.53. The largest absolute Gasteiger partial charge is 0.467 e. The summed E-state index contributed by atoms with van der Waals surface area (Å²) in [6, 6.07) is 14.7. The lowest BCUT2D eigenvalue weighted by atomic mass is 10.0. The molecule has 0 radical (unpaired) electrons. The van der Waals surface area contributed by atoms with Crippen LogP contribution in [0.25, 0.3) is 10.9 Å². The first-order valence-electron chi connectivity index (χ1n) is 10.9. The van der Waals surface area contributed by atoms with Gasteiger partial charge in [-0.15, -0.1) is 0 Å². The zero-order chi connectivity index (χ0) is 24.7. The maximum atomic E-state index is 12.4.